The van der Waals surface area contributed by atoms with Crippen molar-refractivity contribution in [3.05, 3.63) is 120 Å². The lowest BCUT2D eigenvalue weighted by Gasteiger charge is -2.05. The smallest absolute Gasteiger partial charge is 0.273 e. The van der Waals surface area contributed by atoms with Crippen molar-refractivity contribution < 1.29 is 9.72 Å². The van der Waals surface area contributed by atoms with Gasteiger partial charge in [0.1, 0.15) is 10.7 Å². The highest BCUT2D eigenvalue weighted by Gasteiger charge is 2.17. The van der Waals surface area contributed by atoms with Crippen LogP contribution in [0, 0.1) is 21.4 Å². The quantitative estimate of drug-likeness (QED) is 0.357. The number of nitrogens with one attached hydrogen (secondary N) is 1. The molecular weight excluding hydrogens is 452 g/mol. The fraction of sp³-hybridized carbons (Fsp3) is 0. The lowest BCUT2D eigenvalue weighted by molar-refractivity contribution is -0.384. The number of thiazole rings is 1. The van der Waals surface area contributed by atoms with E-state index in [9.17, 15) is 25.0 Å². The number of non-ortho nitro benzene ring substituents is 1. The molecule has 1 amide bonds. The van der Waals surface area contributed by atoms with Crippen LogP contribution in [-0.2, 0) is 4.79 Å². The molecule has 0 bridgehead atoms. The number of nitriles is 1. The molecule has 0 saturated heterocycles. The zero-order valence-corrected chi connectivity index (χ0v) is 18.4. The lowest BCUT2D eigenvalue weighted by Crippen LogP contribution is -2.32. The molecule has 0 aliphatic rings. The molecular formula is C25H16N4O4S. The Morgan fingerprint density at radius 3 is 2.35 bits per heavy atom. The van der Waals surface area contributed by atoms with Crippen LogP contribution in [0.15, 0.2) is 89.7 Å². The number of amides is 1. The number of hydrogen-bond donors (Lipinski definition) is 1. The van der Waals surface area contributed by atoms with Gasteiger partial charge in [-0.25, -0.2) is 0 Å². The lowest BCUT2D eigenvalue weighted by atomic mass is 10.2. The zero-order valence-electron chi connectivity index (χ0n) is 17.5. The molecule has 4 aromatic rings. The number of carbonyl (C=O) groups excluding carboxylic acids is 1. The Bertz CT molecular complexity index is 1600. The SMILES string of the molecule is N#CC(C(=O)Nc1ccccc1)=c1sc(=Cc2cccc([N+](=O)[O-])c2)c(=O)n1-c1ccccc1. The highest BCUT2D eigenvalue weighted by molar-refractivity contribution is 7.07. The number of anilines is 1. The third-order valence-corrected chi connectivity index (χ3v) is 5.89. The van der Waals surface area contributed by atoms with Gasteiger partial charge in [-0.2, -0.15) is 5.26 Å². The molecule has 0 unspecified atom stereocenters. The summed E-state index contributed by atoms with van der Waals surface area (Å²) in [5.74, 6) is -0.651. The Labute approximate surface area is 197 Å². The van der Waals surface area contributed by atoms with Crippen LogP contribution in [0.3, 0.4) is 0 Å². The normalized spacial score (nSPS) is 12.0. The largest absolute Gasteiger partial charge is 0.321 e. The maximum absolute atomic E-state index is 13.4. The highest BCUT2D eigenvalue weighted by Crippen LogP contribution is 2.13. The van der Waals surface area contributed by atoms with Crippen LogP contribution >= 0.6 is 11.3 Å². The van der Waals surface area contributed by atoms with Crippen molar-refractivity contribution in [3.63, 3.8) is 0 Å². The predicted molar refractivity (Wildman–Crippen MR) is 130 cm³/mol. The minimum absolute atomic E-state index is 0.111. The molecule has 4 rings (SSSR count). The molecule has 0 aliphatic carbocycles. The average Bonchev–Trinajstić information content (AvgIpc) is 3.16. The van der Waals surface area contributed by atoms with Gasteiger partial charge in [-0.3, -0.25) is 24.3 Å². The molecule has 9 heteroatoms. The van der Waals surface area contributed by atoms with Crippen LogP contribution in [0.4, 0.5) is 11.4 Å². The minimum atomic E-state index is -0.651. The van der Waals surface area contributed by atoms with Gasteiger partial charge in [0, 0.05) is 17.8 Å². The Kier molecular flexibility index (Phi) is 6.43. The topological polar surface area (TPSA) is 118 Å². The monoisotopic (exact) mass is 468 g/mol. The van der Waals surface area contributed by atoms with Gasteiger partial charge in [0.25, 0.3) is 17.2 Å². The van der Waals surface area contributed by atoms with Crippen molar-refractivity contribution in [3.8, 4) is 11.8 Å². The molecule has 34 heavy (non-hydrogen) atoms. The molecule has 166 valence electrons. The molecule has 0 aliphatic heterocycles. The van der Waals surface area contributed by atoms with Crippen LogP contribution in [-0.4, -0.2) is 15.4 Å². The second kappa shape index (κ2) is 9.77. The molecule has 1 aromatic heterocycles. The van der Waals surface area contributed by atoms with E-state index in [4.69, 9.17) is 0 Å². The molecule has 8 nitrogen and oxygen atoms in total. The average molecular weight is 468 g/mol. The summed E-state index contributed by atoms with van der Waals surface area (Å²) in [6, 6.07) is 25.1. The second-order valence-corrected chi connectivity index (χ2v) is 8.08. The minimum Gasteiger partial charge on any atom is -0.321 e. The second-order valence-electron chi connectivity index (χ2n) is 7.05. The Balaban J connectivity index is 1.96. The first-order valence-corrected chi connectivity index (χ1v) is 10.8. The van der Waals surface area contributed by atoms with Crippen molar-refractivity contribution in [2.24, 2.45) is 0 Å². The van der Waals surface area contributed by atoms with Gasteiger partial charge >= 0.3 is 0 Å². The van der Waals surface area contributed by atoms with Gasteiger partial charge < -0.3 is 5.32 Å². The van der Waals surface area contributed by atoms with Crippen LogP contribution in [0.1, 0.15) is 5.56 Å². The van der Waals surface area contributed by atoms with E-state index >= 15 is 0 Å². The summed E-state index contributed by atoms with van der Waals surface area (Å²) in [7, 11) is 0. The maximum Gasteiger partial charge on any atom is 0.273 e. The summed E-state index contributed by atoms with van der Waals surface area (Å²) < 4.78 is 1.68. The van der Waals surface area contributed by atoms with Gasteiger partial charge in [0.15, 0.2) is 5.57 Å². The van der Waals surface area contributed by atoms with Crippen LogP contribution in [0.5, 0.6) is 0 Å². The molecule has 3 aromatic carbocycles. The summed E-state index contributed by atoms with van der Waals surface area (Å²) in [4.78, 5) is 36.9. The van der Waals surface area contributed by atoms with E-state index in [1.165, 1.54) is 28.8 Å². The van der Waals surface area contributed by atoms with Gasteiger partial charge in [-0.1, -0.05) is 48.5 Å². The number of carbonyl (C=O) groups is 1. The maximum atomic E-state index is 13.4. The van der Waals surface area contributed by atoms with Gasteiger partial charge in [-0.05, 0) is 35.9 Å². The third kappa shape index (κ3) is 4.67. The molecule has 0 saturated carbocycles. The van der Waals surface area contributed by atoms with E-state index in [1.54, 1.807) is 66.7 Å². The Morgan fingerprint density at radius 2 is 1.71 bits per heavy atom. The van der Waals surface area contributed by atoms with Crippen molar-refractivity contribution in [2.75, 3.05) is 5.32 Å². The summed E-state index contributed by atoms with van der Waals surface area (Å²) >= 11 is 0.966. The van der Waals surface area contributed by atoms with Crippen molar-refractivity contribution >= 4 is 40.3 Å². The molecule has 1 heterocycles. The van der Waals surface area contributed by atoms with Crippen molar-refractivity contribution in [1.29, 1.82) is 5.26 Å². The van der Waals surface area contributed by atoms with E-state index in [0.717, 1.165) is 11.3 Å². The molecule has 0 radical (unpaired) electrons. The standard InChI is InChI=1S/C25H16N4O4S/c26-16-21(23(30)27-18-9-3-1-4-10-18)25-28(19-11-5-2-6-12-19)24(31)22(34-25)15-17-8-7-13-20(14-17)29(32)33/h1-15H,(H,27,30). The fourth-order valence-electron chi connectivity index (χ4n) is 3.25. The Morgan fingerprint density at radius 1 is 1.03 bits per heavy atom. The number of aromatic nitrogens is 1. The summed E-state index contributed by atoms with van der Waals surface area (Å²) in [6.45, 7) is 0. The number of para-hydroxylation sites is 2. The van der Waals surface area contributed by atoms with Crippen molar-refractivity contribution in [1.82, 2.24) is 4.57 Å². The molecule has 0 fully saturated rings. The highest BCUT2D eigenvalue weighted by atomic mass is 32.1. The van der Waals surface area contributed by atoms with Crippen molar-refractivity contribution in [2.45, 2.75) is 0 Å². The first-order chi connectivity index (χ1) is 16.5. The van der Waals surface area contributed by atoms with E-state index in [-0.39, 0.29) is 20.5 Å². The summed E-state index contributed by atoms with van der Waals surface area (Å²) in [5, 5.41) is 23.6. The number of nitro benzene ring substituents is 1. The van der Waals surface area contributed by atoms with Gasteiger partial charge in [-0.15, -0.1) is 11.3 Å². The van der Waals surface area contributed by atoms with E-state index in [0.29, 0.717) is 16.9 Å². The third-order valence-electron chi connectivity index (χ3n) is 4.80. The van der Waals surface area contributed by atoms with E-state index in [2.05, 4.69) is 5.32 Å². The van der Waals surface area contributed by atoms with E-state index < -0.39 is 16.4 Å². The van der Waals surface area contributed by atoms with Crippen LogP contribution < -0.4 is 20.1 Å². The number of nitro groups is 1. The molecule has 1 N–H and O–H groups in total. The zero-order chi connectivity index (χ0) is 24.1. The van der Waals surface area contributed by atoms with Gasteiger partial charge in [0.05, 0.1) is 15.1 Å². The van der Waals surface area contributed by atoms with Gasteiger partial charge in [0.2, 0.25) is 0 Å². The number of hydrogen-bond acceptors (Lipinski definition) is 6. The summed E-state index contributed by atoms with van der Waals surface area (Å²) in [6.07, 6.45) is 1.51. The van der Waals surface area contributed by atoms with Crippen LogP contribution in [0.25, 0.3) is 17.3 Å². The Hall–Kier alpha value is -4.81. The predicted octanol–water partition coefficient (Wildman–Crippen LogP) is 2.95. The first-order valence-electron chi connectivity index (χ1n) is 10.0. The number of benzene rings is 3. The fourth-order valence-corrected chi connectivity index (χ4v) is 4.35. The molecule has 0 spiro atoms. The van der Waals surface area contributed by atoms with E-state index in [1.807, 2.05) is 6.07 Å². The number of rotatable bonds is 5. The summed E-state index contributed by atoms with van der Waals surface area (Å²) in [5.41, 5.74) is 0.657. The molecule has 0 atom stereocenters. The first kappa shape index (κ1) is 22.4. The number of nitrogens with zero attached hydrogens (tertiary/aromatic N) is 3. The van der Waals surface area contributed by atoms with Crippen LogP contribution in [0.2, 0.25) is 0 Å².